The van der Waals surface area contributed by atoms with Gasteiger partial charge in [-0.05, 0) is 28.4 Å². The quantitative estimate of drug-likeness (QED) is 0.839. The molecule has 4 nitrogen and oxygen atoms in total. The number of aromatic nitrogens is 1. The molecule has 0 unspecified atom stereocenters. The zero-order chi connectivity index (χ0) is 11.4. The fourth-order valence-electron chi connectivity index (χ4n) is 0.910. The molecule has 3 N–H and O–H groups in total. The molecule has 0 aliphatic rings. The van der Waals surface area contributed by atoms with Crippen LogP contribution >= 0.6 is 27.5 Å². The Hall–Kier alpha value is -0.650. The average molecular weight is 293 g/mol. The van der Waals surface area contributed by atoms with Crippen LogP contribution in [0.25, 0.3) is 0 Å². The molecule has 1 aromatic heterocycles. The minimum absolute atomic E-state index is 0.228. The summed E-state index contributed by atoms with van der Waals surface area (Å²) in [4.78, 5) is 15.3. The van der Waals surface area contributed by atoms with Crippen molar-refractivity contribution in [3.8, 4) is 0 Å². The van der Waals surface area contributed by atoms with E-state index in [0.29, 0.717) is 21.7 Å². The molecule has 0 aliphatic heterocycles. The first kappa shape index (κ1) is 12.4. The Morgan fingerprint density at radius 1 is 1.80 bits per heavy atom. The minimum atomic E-state index is -0.501. The van der Waals surface area contributed by atoms with Crippen LogP contribution in [0.4, 0.5) is 5.69 Å². The predicted octanol–water partition coefficient (Wildman–Crippen LogP) is 2.17. The van der Waals surface area contributed by atoms with Crippen molar-refractivity contribution in [2.45, 2.75) is 19.4 Å². The molecule has 0 saturated heterocycles. The topological polar surface area (TPSA) is 68.0 Å². The van der Waals surface area contributed by atoms with Crippen LogP contribution in [0.1, 0.15) is 13.3 Å². The van der Waals surface area contributed by atoms with E-state index in [1.807, 2.05) is 6.92 Å². The van der Waals surface area contributed by atoms with E-state index in [0.717, 1.165) is 0 Å². The van der Waals surface area contributed by atoms with Crippen LogP contribution in [0.2, 0.25) is 5.15 Å². The fraction of sp³-hybridized carbons (Fsp3) is 0.333. The number of nitrogens with two attached hydrogens (primary N) is 1. The van der Waals surface area contributed by atoms with Crippen molar-refractivity contribution >= 4 is 39.1 Å². The standard InChI is InChI=1S/C9H11BrClN3O/c1-2-7(12)9(15)14-5-3-6(10)8(11)13-4-5/h3-4,7H,2,12H2,1H3,(H,14,15)/t7-/m0/s1. The number of rotatable bonds is 3. The minimum Gasteiger partial charge on any atom is -0.323 e. The van der Waals surface area contributed by atoms with Crippen molar-refractivity contribution in [2.75, 3.05) is 5.32 Å². The van der Waals surface area contributed by atoms with E-state index in [1.54, 1.807) is 6.07 Å². The van der Waals surface area contributed by atoms with Crippen molar-refractivity contribution in [1.82, 2.24) is 4.98 Å². The lowest BCUT2D eigenvalue weighted by molar-refractivity contribution is -0.117. The zero-order valence-corrected chi connectivity index (χ0v) is 10.5. The van der Waals surface area contributed by atoms with Crippen molar-refractivity contribution in [1.29, 1.82) is 0 Å². The van der Waals surface area contributed by atoms with Crippen LogP contribution in [-0.4, -0.2) is 16.9 Å². The number of carbonyl (C=O) groups excluding carboxylic acids is 1. The van der Waals surface area contributed by atoms with Crippen LogP contribution < -0.4 is 11.1 Å². The van der Waals surface area contributed by atoms with Crippen LogP contribution in [0, 0.1) is 0 Å². The van der Waals surface area contributed by atoms with Gasteiger partial charge in [0.25, 0.3) is 0 Å². The maximum atomic E-state index is 11.4. The summed E-state index contributed by atoms with van der Waals surface area (Å²) in [5.74, 6) is -0.228. The molecule has 0 aliphatic carbocycles. The van der Waals surface area contributed by atoms with Gasteiger partial charge in [0.1, 0.15) is 5.15 Å². The van der Waals surface area contributed by atoms with Gasteiger partial charge in [0.05, 0.1) is 22.4 Å². The van der Waals surface area contributed by atoms with Gasteiger partial charge < -0.3 is 11.1 Å². The van der Waals surface area contributed by atoms with Gasteiger partial charge in [-0.1, -0.05) is 18.5 Å². The highest BCUT2D eigenvalue weighted by Gasteiger charge is 2.11. The second-order valence-corrected chi connectivity index (χ2v) is 4.21. The van der Waals surface area contributed by atoms with Gasteiger partial charge in [-0.25, -0.2) is 4.98 Å². The lowest BCUT2D eigenvalue weighted by atomic mass is 10.2. The molecule has 1 atom stereocenters. The molecule has 15 heavy (non-hydrogen) atoms. The van der Waals surface area contributed by atoms with Gasteiger partial charge >= 0.3 is 0 Å². The second-order valence-electron chi connectivity index (χ2n) is 3.00. The highest BCUT2D eigenvalue weighted by atomic mass is 79.9. The maximum Gasteiger partial charge on any atom is 0.241 e. The molecular weight excluding hydrogens is 281 g/mol. The fourth-order valence-corrected chi connectivity index (χ4v) is 1.36. The molecule has 0 spiro atoms. The monoisotopic (exact) mass is 291 g/mol. The third-order valence-electron chi connectivity index (χ3n) is 1.84. The number of halogens is 2. The molecule has 1 aromatic rings. The zero-order valence-electron chi connectivity index (χ0n) is 8.13. The Kier molecular flexibility index (Phi) is 4.50. The smallest absolute Gasteiger partial charge is 0.241 e. The number of hydrogen-bond acceptors (Lipinski definition) is 3. The van der Waals surface area contributed by atoms with Crippen LogP contribution in [0.5, 0.6) is 0 Å². The summed E-state index contributed by atoms with van der Waals surface area (Å²) in [5.41, 5.74) is 6.13. The summed E-state index contributed by atoms with van der Waals surface area (Å²) in [6, 6.07) is 1.18. The average Bonchev–Trinajstić information content (AvgIpc) is 2.22. The largest absolute Gasteiger partial charge is 0.323 e. The van der Waals surface area contributed by atoms with Crippen LogP contribution in [0.15, 0.2) is 16.7 Å². The molecule has 1 rings (SSSR count). The molecule has 6 heteroatoms. The van der Waals surface area contributed by atoms with E-state index in [9.17, 15) is 4.79 Å². The van der Waals surface area contributed by atoms with Crippen LogP contribution in [0.3, 0.4) is 0 Å². The highest BCUT2D eigenvalue weighted by molar-refractivity contribution is 9.10. The number of nitrogens with zero attached hydrogens (tertiary/aromatic N) is 1. The molecular formula is C9H11BrClN3O. The molecule has 1 heterocycles. The summed E-state index contributed by atoms with van der Waals surface area (Å²) >= 11 is 8.92. The van der Waals surface area contributed by atoms with E-state index in [1.165, 1.54) is 6.20 Å². The van der Waals surface area contributed by atoms with Crippen molar-refractivity contribution in [3.05, 3.63) is 21.9 Å². The molecule has 0 aromatic carbocycles. The summed E-state index contributed by atoms with van der Waals surface area (Å²) < 4.78 is 0.632. The number of nitrogens with one attached hydrogen (secondary N) is 1. The SMILES string of the molecule is CC[C@H](N)C(=O)Nc1cnc(Cl)c(Br)c1. The van der Waals surface area contributed by atoms with Crippen molar-refractivity contribution < 1.29 is 4.79 Å². The normalized spacial score (nSPS) is 12.3. The lowest BCUT2D eigenvalue weighted by Gasteiger charge is -2.09. The summed E-state index contributed by atoms with van der Waals surface area (Å²) in [6.45, 7) is 1.85. The number of amides is 1. The van der Waals surface area contributed by atoms with E-state index in [2.05, 4.69) is 26.2 Å². The Balaban J connectivity index is 2.73. The Labute approximate surface area is 101 Å². The number of pyridine rings is 1. The Bertz CT molecular complexity index is 372. The maximum absolute atomic E-state index is 11.4. The molecule has 82 valence electrons. The van der Waals surface area contributed by atoms with E-state index < -0.39 is 6.04 Å². The summed E-state index contributed by atoms with van der Waals surface area (Å²) in [6.07, 6.45) is 2.07. The number of carbonyl (C=O) groups is 1. The van der Waals surface area contributed by atoms with Gasteiger partial charge in [0.2, 0.25) is 5.91 Å². The first-order valence-corrected chi connectivity index (χ1v) is 5.59. The van der Waals surface area contributed by atoms with Crippen molar-refractivity contribution in [2.24, 2.45) is 5.73 Å². The Morgan fingerprint density at radius 3 is 3.00 bits per heavy atom. The van der Waals surface area contributed by atoms with Gasteiger partial charge in [0, 0.05) is 0 Å². The predicted molar refractivity (Wildman–Crippen MR) is 63.8 cm³/mol. The first-order valence-electron chi connectivity index (χ1n) is 4.42. The molecule has 0 radical (unpaired) electrons. The van der Waals surface area contributed by atoms with Gasteiger partial charge in [-0.2, -0.15) is 0 Å². The van der Waals surface area contributed by atoms with Gasteiger partial charge in [-0.3, -0.25) is 4.79 Å². The third-order valence-corrected chi connectivity index (χ3v) is 2.97. The first-order chi connectivity index (χ1) is 7.04. The van der Waals surface area contributed by atoms with E-state index >= 15 is 0 Å². The second kappa shape index (κ2) is 5.44. The highest BCUT2D eigenvalue weighted by Crippen LogP contribution is 2.22. The Morgan fingerprint density at radius 2 is 2.47 bits per heavy atom. The molecule has 0 bridgehead atoms. The molecule has 0 saturated carbocycles. The van der Waals surface area contributed by atoms with Gasteiger partial charge in [-0.15, -0.1) is 0 Å². The van der Waals surface area contributed by atoms with E-state index in [4.69, 9.17) is 17.3 Å². The van der Waals surface area contributed by atoms with Crippen molar-refractivity contribution in [3.63, 3.8) is 0 Å². The number of hydrogen-bond donors (Lipinski definition) is 2. The molecule has 0 fully saturated rings. The van der Waals surface area contributed by atoms with E-state index in [-0.39, 0.29) is 5.91 Å². The lowest BCUT2D eigenvalue weighted by Crippen LogP contribution is -2.34. The summed E-state index contributed by atoms with van der Waals surface area (Å²) in [5, 5.41) is 3.00. The molecule has 1 amide bonds. The summed E-state index contributed by atoms with van der Waals surface area (Å²) in [7, 11) is 0. The van der Waals surface area contributed by atoms with Crippen LogP contribution in [-0.2, 0) is 4.79 Å². The third kappa shape index (κ3) is 3.44. The van der Waals surface area contributed by atoms with Gasteiger partial charge in [0.15, 0.2) is 0 Å². The number of anilines is 1.